The molecule has 1 aromatic rings. The molecule has 0 spiro atoms. The van der Waals surface area contributed by atoms with Crippen molar-refractivity contribution in [3.8, 4) is 5.75 Å². The van der Waals surface area contributed by atoms with E-state index >= 15 is 0 Å². The van der Waals surface area contributed by atoms with Gasteiger partial charge in [0.05, 0.1) is 7.11 Å². The fourth-order valence-electron chi connectivity index (χ4n) is 0.788. The second-order valence-electron chi connectivity index (χ2n) is 2.22. The molecule has 0 saturated carbocycles. The smallest absolute Gasteiger partial charge is 0.497 e. The van der Waals surface area contributed by atoms with Crippen LogP contribution in [-0.2, 0) is 10.0 Å². The van der Waals surface area contributed by atoms with Crippen LogP contribution >= 0.6 is 11.8 Å². The van der Waals surface area contributed by atoms with Crippen molar-refractivity contribution in [1.29, 1.82) is 0 Å². The maximum absolute atomic E-state index is 11.1. The van der Waals surface area contributed by atoms with Crippen molar-refractivity contribution in [2.45, 2.75) is 4.90 Å². The van der Waals surface area contributed by atoms with E-state index < -0.39 is 10.0 Å². The molecule has 0 aliphatic carbocycles. The van der Waals surface area contributed by atoms with Gasteiger partial charge in [-0.25, -0.2) is 8.42 Å². The van der Waals surface area contributed by atoms with Crippen molar-refractivity contribution in [2.75, 3.05) is 7.11 Å². The maximum atomic E-state index is 11.1. The van der Waals surface area contributed by atoms with E-state index in [-0.39, 0.29) is 34.5 Å². The van der Waals surface area contributed by atoms with Gasteiger partial charge in [-0.1, -0.05) is 0 Å². The summed E-state index contributed by atoms with van der Waals surface area (Å²) in [4.78, 5) is 0.0447. The van der Waals surface area contributed by atoms with E-state index in [1.807, 2.05) is 0 Å². The SMILES string of the molecule is COc1ccc(S(=O)(=O)[N-]Cl)cc1.[Na+]. The Morgan fingerprint density at radius 3 is 2.14 bits per heavy atom. The summed E-state index contributed by atoms with van der Waals surface area (Å²) in [7, 11) is -2.19. The molecular weight excluding hydrogens is 237 g/mol. The van der Waals surface area contributed by atoms with E-state index in [1.165, 1.54) is 31.4 Å². The van der Waals surface area contributed by atoms with Gasteiger partial charge in [-0.05, 0) is 24.3 Å². The summed E-state index contributed by atoms with van der Waals surface area (Å²) in [6.45, 7) is 0. The zero-order valence-corrected chi connectivity index (χ0v) is 11.3. The Hall–Kier alpha value is 0.220. The summed E-state index contributed by atoms with van der Waals surface area (Å²) < 4.78 is 29.7. The molecule has 0 aromatic heterocycles. The third kappa shape index (κ3) is 3.42. The molecule has 0 fully saturated rings. The molecule has 14 heavy (non-hydrogen) atoms. The first kappa shape index (κ1) is 14.2. The topological polar surface area (TPSA) is 57.5 Å². The molecule has 0 aliphatic rings. The number of rotatable bonds is 3. The monoisotopic (exact) mass is 243 g/mol. The second kappa shape index (κ2) is 5.95. The molecule has 0 aliphatic heterocycles. The predicted octanol–water partition coefficient (Wildman–Crippen LogP) is -1.08. The fraction of sp³-hybridized carbons (Fsp3) is 0.143. The number of halogens is 1. The number of ether oxygens (including phenoxy) is 1. The zero-order chi connectivity index (χ0) is 9.90. The summed E-state index contributed by atoms with van der Waals surface area (Å²) >= 11 is 4.91. The van der Waals surface area contributed by atoms with Gasteiger partial charge in [0.1, 0.15) is 15.8 Å². The maximum Gasteiger partial charge on any atom is 1.00 e. The Bertz CT molecular complexity index is 378. The van der Waals surface area contributed by atoms with E-state index in [9.17, 15) is 8.42 Å². The molecule has 0 radical (unpaired) electrons. The van der Waals surface area contributed by atoms with E-state index in [0.29, 0.717) is 5.75 Å². The van der Waals surface area contributed by atoms with Crippen LogP contribution in [-0.4, -0.2) is 15.5 Å². The van der Waals surface area contributed by atoms with E-state index in [1.54, 1.807) is 0 Å². The van der Waals surface area contributed by atoms with Crippen LogP contribution in [0.5, 0.6) is 5.75 Å². The van der Waals surface area contributed by atoms with Gasteiger partial charge in [0.15, 0.2) is 0 Å². The van der Waals surface area contributed by atoms with Gasteiger partial charge in [0, 0.05) is 4.90 Å². The molecule has 0 unspecified atom stereocenters. The van der Waals surface area contributed by atoms with Crippen LogP contribution in [0.1, 0.15) is 0 Å². The molecule has 1 aromatic carbocycles. The van der Waals surface area contributed by atoms with Crippen LogP contribution in [0.15, 0.2) is 29.2 Å². The van der Waals surface area contributed by atoms with Crippen molar-refractivity contribution in [3.63, 3.8) is 0 Å². The van der Waals surface area contributed by atoms with Gasteiger partial charge in [-0.3, -0.25) is 11.8 Å². The Labute approximate surface area is 110 Å². The van der Waals surface area contributed by atoms with Crippen molar-refractivity contribution < 1.29 is 42.7 Å². The zero-order valence-electron chi connectivity index (χ0n) is 7.77. The molecule has 4 nitrogen and oxygen atoms in total. The summed E-state index contributed by atoms with van der Waals surface area (Å²) in [5.41, 5.74) is 0. The van der Waals surface area contributed by atoms with Crippen LogP contribution in [0.25, 0.3) is 4.24 Å². The van der Waals surface area contributed by atoms with E-state index in [2.05, 4.69) is 4.24 Å². The second-order valence-corrected chi connectivity index (χ2v) is 4.19. The van der Waals surface area contributed by atoms with Crippen LogP contribution < -0.4 is 34.3 Å². The molecule has 7 heteroatoms. The van der Waals surface area contributed by atoms with Gasteiger partial charge in [0.2, 0.25) is 0 Å². The number of sulfonamides is 1. The molecule has 0 saturated heterocycles. The van der Waals surface area contributed by atoms with Crippen LogP contribution in [0.4, 0.5) is 0 Å². The van der Waals surface area contributed by atoms with E-state index in [4.69, 9.17) is 16.5 Å². The molecule has 0 N–H and O–H groups in total. The van der Waals surface area contributed by atoms with Crippen molar-refractivity contribution in [2.24, 2.45) is 0 Å². The Balaban J connectivity index is 0.00000169. The van der Waals surface area contributed by atoms with Crippen molar-refractivity contribution in [3.05, 3.63) is 28.5 Å². The molecular formula is C7H7ClNNaO3S. The van der Waals surface area contributed by atoms with Crippen molar-refractivity contribution in [1.82, 2.24) is 0 Å². The normalized spacial score (nSPS) is 10.4. The van der Waals surface area contributed by atoms with Gasteiger partial charge >= 0.3 is 29.6 Å². The predicted molar refractivity (Wildman–Crippen MR) is 49.4 cm³/mol. The minimum absolute atomic E-state index is 0. The molecule has 0 atom stereocenters. The van der Waals surface area contributed by atoms with Crippen LogP contribution in [0.3, 0.4) is 0 Å². The fourth-order valence-corrected chi connectivity index (χ4v) is 1.59. The summed E-state index contributed by atoms with van der Waals surface area (Å²) in [6, 6.07) is 5.80. The standard InChI is InChI=1S/C7H7ClNO3S.Na/c1-12-6-2-4-7(5-3-6)13(10,11)9-8;/h2-5H,1H3;/q-1;+1. The number of nitrogens with zero attached hydrogens (tertiary/aromatic N) is 1. The van der Waals surface area contributed by atoms with Gasteiger partial charge in [0.25, 0.3) is 0 Å². The van der Waals surface area contributed by atoms with Crippen LogP contribution in [0, 0.1) is 0 Å². The van der Waals surface area contributed by atoms with Crippen LogP contribution in [0.2, 0.25) is 0 Å². The molecule has 0 amide bonds. The summed E-state index contributed by atoms with van der Waals surface area (Å²) in [5, 5.41) is 0. The molecule has 0 bridgehead atoms. The first-order valence-corrected chi connectivity index (χ1v) is 5.10. The summed E-state index contributed by atoms with van der Waals surface area (Å²) in [6.07, 6.45) is 0. The van der Waals surface area contributed by atoms with Gasteiger partial charge < -0.3 is 8.98 Å². The quantitative estimate of drug-likeness (QED) is 0.635. The van der Waals surface area contributed by atoms with Crippen molar-refractivity contribution >= 4 is 21.8 Å². The molecule has 72 valence electrons. The number of methoxy groups -OCH3 is 1. The molecule has 1 rings (SSSR count). The Kier molecular flexibility index (Phi) is 6.04. The van der Waals surface area contributed by atoms with Gasteiger partial charge in [-0.2, -0.15) is 0 Å². The molecule has 0 heterocycles. The average Bonchev–Trinajstić information content (AvgIpc) is 2.18. The minimum atomic E-state index is -3.69. The van der Waals surface area contributed by atoms with Gasteiger partial charge in [-0.15, -0.1) is 0 Å². The Morgan fingerprint density at radius 1 is 1.29 bits per heavy atom. The largest absolute Gasteiger partial charge is 1.00 e. The third-order valence-electron chi connectivity index (χ3n) is 1.45. The average molecular weight is 244 g/mol. The first-order valence-electron chi connectivity index (χ1n) is 3.32. The number of benzene rings is 1. The van der Waals surface area contributed by atoms with E-state index in [0.717, 1.165) is 0 Å². The first-order chi connectivity index (χ1) is 6.10. The Morgan fingerprint density at radius 2 is 1.79 bits per heavy atom. The minimum Gasteiger partial charge on any atom is -0.497 e. The third-order valence-corrected chi connectivity index (χ3v) is 3.04. The summed E-state index contributed by atoms with van der Waals surface area (Å²) in [5.74, 6) is 0.577. The number of hydrogen-bond donors (Lipinski definition) is 0. The number of hydrogen-bond acceptors (Lipinski definition) is 3.